The molecule has 4 aliphatic carbocycles. The number of halogens is 1. The molecule has 4 rings (SSSR count). The highest BCUT2D eigenvalue weighted by Crippen LogP contribution is 2.72. The minimum atomic E-state index is 0.270. The zero-order valence-electron chi connectivity index (χ0n) is 22.2. The summed E-state index contributed by atoms with van der Waals surface area (Å²) in [4.78, 5) is 0. The van der Waals surface area contributed by atoms with Gasteiger partial charge in [0.25, 0.3) is 0 Å². The lowest BCUT2D eigenvalue weighted by Gasteiger charge is -2.62. The first-order valence-corrected chi connectivity index (χ1v) is 14.4. The van der Waals surface area contributed by atoms with E-state index in [1.54, 1.807) is 0 Å². The number of rotatable bonds is 5. The van der Waals surface area contributed by atoms with E-state index in [9.17, 15) is 0 Å². The van der Waals surface area contributed by atoms with Crippen LogP contribution in [0.3, 0.4) is 0 Å². The summed E-state index contributed by atoms with van der Waals surface area (Å²) in [6.45, 7) is 20.1. The molecular weight excluding hydrogens is 503 g/mol. The van der Waals surface area contributed by atoms with Crippen LogP contribution in [0.1, 0.15) is 120 Å². The summed E-state index contributed by atoms with van der Waals surface area (Å²) in [5, 5.41) is 0. The Morgan fingerprint density at radius 1 is 1.00 bits per heavy atom. The van der Waals surface area contributed by atoms with Gasteiger partial charge in [-0.05, 0) is 117 Å². The molecule has 0 heterocycles. The molecule has 7 atom stereocenters. The largest absolute Gasteiger partial charge is 0.312 e. The molecule has 0 unspecified atom stereocenters. The van der Waals surface area contributed by atoms with Gasteiger partial charge < -0.3 is 3.07 Å². The molecule has 0 aromatic rings. The van der Waals surface area contributed by atoms with Gasteiger partial charge in [-0.1, -0.05) is 64.3 Å². The van der Waals surface area contributed by atoms with Gasteiger partial charge in [-0.3, -0.25) is 0 Å². The Kier molecular flexibility index (Phi) is 6.85. The lowest BCUT2D eigenvalue weighted by Crippen LogP contribution is -2.55. The Bertz CT molecular complexity index is 789. The highest BCUT2D eigenvalue weighted by molar-refractivity contribution is 14.1. The monoisotopic (exact) mass is 552 g/mol. The van der Waals surface area contributed by atoms with E-state index in [0.29, 0.717) is 22.3 Å². The van der Waals surface area contributed by atoms with E-state index < -0.39 is 0 Å². The topological polar surface area (TPSA) is 9.23 Å². The lowest BCUT2D eigenvalue weighted by molar-refractivity contribution is -0.0724. The summed E-state index contributed by atoms with van der Waals surface area (Å²) in [5.74, 6) is 2.48. The molecule has 0 aliphatic heterocycles. The maximum Gasteiger partial charge on any atom is 0.110 e. The predicted octanol–water partition coefficient (Wildman–Crippen LogP) is 9.85. The summed E-state index contributed by atoms with van der Waals surface area (Å²) >= 11 is 2.17. The van der Waals surface area contributed by atoms with Crippen molar-refractivity contribution >= 4 is 23.0 Å². The van der Waals surface area contributed by atoms with Crippen LogP contribution in [0.25, 0.3) is 0 Å². The van der Waals surface area contributed by atoms with Crippen LogP contribution >= 0.6 is 23.0 Å². The minimum absolute atomic E-state index is 0.270. The van der Waals surface area contributed by atoms with Crippen LogP contribution in [0.5, 0.6) is 0 Å². The highest BCUT2D eigenvalue weighted by atomic mass is 127. The Morgan fingerprint density at radius 2 is 1.72 bits per heavy atom. The first-order valence-electron chi connectivity index (χ1n) is 13.6. The second-order valence-electron chi connectivity index (χ2n) is 13.6. The number of hydrogen-bond donors (Lipinski definition) is 0. The quantitative estimate of drug-likeness (QED) is 0.244. The van der Waals surface area contributed by atoms with Gasteiger partial charge in [0.05, 0.1) is 6.10 Å². The van der Waals surface area contributed by atoms with Gasteiger partial charge in [-0.2, -0.15) is 0 Å². The van der Waals surface area contributed by atoms with Gasteiger partial charge >= 0.3 is 0 Å². The normalized spacial score (nSPS) is 43.8. The standard InChI is InChI=1S/C30H49IO/c1-20(2)10-9-11-21(3)22-14-18-30(8)24-12-13-25-27(4,5)26(32-31)16-17-28(25,6)23(24)15-19-29(22,30)7/h10,21-22,25-26H,9,11-19H2,1-8H3/t21-,22-,25+,26+,28-,29-,30+/m1/s1. The molecule has 32 heavy (non-hydrogen) atoms. The number of allylic oxidation sites excluding steroid dienone is 4. The van der Waals surface area contributed by atoms with Gasteiger partial charge in [-0.15, -0.1) is 0 Å². The molecule has 0 amide bonds. The van der Waals surface area contributed by atoms with Crippen molar-refractivity contribution in [2.75, 3.05) is 0 Å². The third-order valence-corrected chi connectivity index (χ3v) is 12.3. The molecule has 0 aromatic heterocycles. The van der Waals surface area contributed by atoms with Crippen LogP contribution < -0.4 is 0 Å². The maximum absolute atomic E-state index is 5.98. The van der Waals surface area contributed by atoms with E-state index in [4.69, 9.17) is 3.07 Å². The van der Waals surface area contributed by atoms with Crippen molar-refractivity contribution in [2.24, 2.45) is 39.4 Å². The summed E-state index contributed by atoms with van der Waals surface area (Å²) in [5.41, 5.74) is 6.87. The Balaban J connectivity index is 1.64. The van der Waals surface area contributed by atoms with Gasteiger partial charge in [0, 0.05) is 0 Å². The molecule has 0 radical (unpaired) electrons. The second-order valence-corrected chi connectivity index (χ2v) is 14.1. The molecule has 0 saturated heterocycles. The fourth-order valence-corrected chi connectivity index (χ4v) is 10.5. The van der Waals surface area contributed by atoms with E-state index >= 15 is 0 Å². The molecule has 0 aromatic carbocycles. The third-order valence-electron chi connectivity index (χ3n) is 11.7. The molecule has 2 saturated carbocycles. The lowest BCUT2D eigenvalue weighted by atomic mass is 9.43. The molecule has 4 aliphatic rings. The van der Waals surface area contributed by atoms with Crippen molar-refractivity contribution in [1.82, 2.24) is 0 Å². The highest BCUT2D eigenvalue weighted by Gasteiger charge is 2.63. The Labute approximate surface area is 213 Å². The van der Waals surface area contributed by atoms with E-state index in [2.05, 4.69) is 84.5 Å². The molecule has 0 bridgehead atoms. The maximum atomic E-state index is 5.98. The van der Waals surface area contributed by atoms with Crippen LogP contribution in [0.4, 0.5) is 0 Å². The summed E-state index contributed by atoms with van der Waals surface area (Å²) in [6, 6.07) is 0. The minimum Gasteiger partial charge on any atom is -0.312 e. The van der Waals surface area contributed by atoms with E-state index in [1.807, 2.05) is 11.1 Å². The molecular formula is C30H49IO. The fraction of sp³-hybridized carbons (Fsp3) is 0.867. The van der Waals surface area contributed by atoms with Crippen molar-refractivity contribution in [1.29, 1.82) is 0 Å². The van der Waals surface area contributed by atoms with E-state index in [0.717, 1.165) is 17.8 Å². The van der Waals surface area contributed by atoms with Crippen LogP contribution in [-0.4, -0.2) is 6.10 Å². The molecule has 1 nitrogen and oxygen atoms in total. The van der Waals surface area contributed by atoms with E-state index in [-0.39, 0.29) is 5.41 Å². The average molecular weight is 553 g/mol. The molecule has 0 N–H and O–H groups in total. The van der Waals surface area contributed by atoms with Gasteiger partial charge in [0.15, 0.2) is 0 Å². The van der Waals surface area contributed by atoms with E-state index in [1.165, 1.54) is 69.8 Å². The average Bonchev–Trinajstić information content (AvgIpc) is 2.99. The Morgan fingerprint density at radius 3 is 2.38 bits per heavy atom. The summed E-state index contributed by atoms with van der Waals surface area (Å²) < 4.78 is 5.98. The Hall–Kier alpha value is 0.170. The first-order chi connectivity index (χ1) is 14.9. The number of fused-ring (bicyclic) bond motifs is 4. The van der Waals surface area contributed by atoms with Crippen molar-refractivity contribution in [2.45, 2.75) is 126 Å². The van der Waals surface area contributed by atoms with Crippen LogP contribution in [-0.2, 0) is 3.07 Å². The van der Waals surface area contributed by atoms with Gasteiger partial charge in [0.1, 0.15) is 23.0 Å². The van der Waals surface area contributed by atoms with Crippen LogP contribution in [0.2, 0.25) is 0 Å². The molecule has 2 heteroatoms. The summed E-state index contributed by atoms with van der Waals surface area (Å²) in [6.07, 6.45) is 16.4. The second kappa shape index (κ2) is 8.68. The van der Waals surface area contributed by atoms with Crippen molar-refractivity contribution in [3.63, 3.8) is 0 Å². The zero-order valence-corrected chi connectivity index (χ0v) is 24.4. The molecule has 0 spiro atoms. The third kappa shape index (κ3) is 3.62. The molecule has 182 valence electrons. The van der Waals surface area contributed by atoms with Crippen LogP contribution in [0.15, 0.2) is 22.8 Å². The van der Waals surface area contributed by atoms with Crippen LogP contribution in [0, 0.1) is 39.4 Å². The first kappa shape index (κ1) is 25.3. The van der Waals surface area contributed by atoms with Gasteiger partial charge in [-0.25, -0.2) is 0 Å². The predicted molar refractivity (Wildman–Crippen MR) is 146 cm³/mol. The SMILES string of the molecule is CC(C)=CCC[C@@H](C)[C@H]1CC[C@@]2(C)C3=C(CC[C@]12C)[C@@]1(C)CC[C@H](OI)C(C)(C)[C@@H]1CC3. The number of hydrogen-bond acceptors (Lipinski definition) is 1. The zero-order chi connectivity index (χ0) is 23.5. The summed E-state index contributed by atoms with van der Waals surface area (Å²) in [7, 11) is 0. The fourth-order valence-electron chi connectivity index (χ4n) is 9.61. The molecule has 2 fully saturated rings. The van der Waals surface area contributed by atoms with Crippen molar-refractivity contribution < 1.29 is 3.07 Å². The van der Waals surface area contributed by atoms with Gasteiger partial charge in [0.2, 0.25) is 0 Å². The van der Waals surface area contributed by atoms with Crippen molar-refractivity contribution in [3.8, 4) is 0 Å². The van der Waals surface area contributed by atoms with Crippen molar-refractivity contribution in [3.05, 3.63) is 22.8 Å². The smallest absolute Gasteiger partial charge is 0.110 e.